The van der Waals surface area contributed by atoms with E-state index < -0.39 is 0 Å². The number of hydrogen-bond donors (Lipinski definition) is 1. The Bertz CT molecular complexity index is 542. The molecule has 0 saturated carbocycles. The lowest BCUT2D eigenvalue weighted by Crippen LogP contribution is -2.48. The minimum absolute atomic E-state index is 0.140. The van der Waals surface area contributed by atoms with E-state index in [9.17, 15) is 4.79 Å². The molecule has 2 aliphatic heterocycles. The molecule has 1 aromatic carbocycles. The molecule has 0 aromatic heterocycles. The number of carbonyl (C=O) groups excluding carboxylic acids is 1. The Kier molecular flexibility index (Phi) is 4.87. The maximum absolute atomic E-state index is 12.3. The number of fused-ring (bicyclic) bond motifs is 1. The largest absolute Gasteiger partial charge is 0.378 e. The first-order valence-electron chi connectivity index (χ1n) is 8.49. The van der Waals surface area contributed by atoms with Crippen molar-refractivity contribution in [1.29, 1.82) is 0 Å². The Morgan fingerprint density at radius 2 is 1.96 bits per heavy atom. The van der Waals surface area contributed by atoms with Crippen LogP contribution in [-0.2, 0) is 11.2 Å². The Hall–Kier alpha value is -1.59. The van der Waals surface area contributed by atoms with Gasteiger partial charge in [-0.25, -0.2) is 0 Å². The molecule has 1 aromatic rings. The second kappa shape index (κ2) is 6.89. The maximum Gasteiger partial charge on any atom is 0.224 e. The SMILES string of the molecule is CN1CCN2C[C@@H](NC(=O)Cc3ccc(N(C)C)cc3)C[C@H]2C1. The minimum Gasteiger partial charge on any atom is -0.378 e. The van der Waals surface area contributed by atoms with Crippen molar-refractivity contribution in [2.75, 3.05) is 52.2 Å². The first kappa shape index (κ1) is 16.3. The van der Waals surface area contributed by atoms with Gasteiger partial charge in [-0.3, -0.25) is 9.69 Å². The number of likely N-dealkylation sites (N-methyl/N-ethyl adjacent to an activating group) is 1. The Balaban J connectivity index is 1.50. The van der Waals surface area contributed by atoms with Crippen LogP contribution in [-0.4, -0.2) is 75.1 Å². The molecule has 3 rings (SSSR count). The van der Waals surface area contributed by atoms with Gasteiger partial charge < -0.3 is 15.1 Å². The molecule has 2 fully saturated rings. The summed E-state index contributed by atoms with van der Waals surface area (Å²) in [5, 5.41) is 3.23. The number of rotatable bonds is 4. The maximum atomic E-state index is 12.3. The van der Waals surface area contributed by atoms with Crippen molar-refractivity contribution < 1.29 is 4.79 Å². The smallest absolute Gasteiger partial charge is 0.224 e. The first-order chi connectivity index (χ1) is 11.0. The monoisotopic (exact) mass is 316 g/mol. The van der Waals surface area contributed by atoms with Crippen LogP contribution in [0.15, 0.2) is 24.3 Å². The van der Waals surface area contributed by atoms with Gasteiger partial charge in [0, 0.05) is 58.0 Å². The van der Waals surface area contributed by atoms with E-state index in [1.807, 2.05) is 26.2 Å². The Labute approximate surface area is 139 Å². The molecule has 1 amide bonds. The van der Waals surface area contributed by atoms with E-state index >= 15 is 0 Å². The van der Waals surface area contributed by atoms with Gasteiger partial charge in [0.1, 0.15) is 0 Å². The van der Waals surface area contributed by atoms with E-state index in [-0.39, 0.29) is 5.91 Å². The standard InChI is InChI=1S/C18H28N4O/c1-20(2)16-6-4-14(5-7-16)10-18(23)19-15-11-17-13-21(3)8-9-22(17)12-15/h4-7,15,17H,8-13H2,1-3H3,(H,19,23)/t15-,17-/m0/s1. The molecule has 5 nitrogen and oxygen atoms in total. The van der Waals surface area contributed by atoms with Crippen molar-refractivity contribution in [2.24, 2.45) is 0 Å². The summed E-state index contributed by atoms with van der Waals surface area (Å²) in [5.41, 5.74) is 2.23. The molecular formula is C18H28N4O. The number of nitrogens with one attached hydrogen (secondary N) is 1. The van der Waals surface area contributed by atoms with Crippen molar-refractivity contribution in [3.05, 3.63) is 29.8 Å². The molecule has 0 bridgehead atoms. The summed E-state index contributed by atoms with van der Waals surface area (Å²) in [6, 6.07) is 9.13. The summed E-state index contributed by atoms with van der Waals surface area (Å²) >= 11 is 0. The van der Waals surface area contributed by atoms with Crippen LogP contribution < -0.4 is 10.2 Å². The second-order valence-corrected chi connectivity index (χ2v) is 7.15. The van der Waals surface area contributed by atoms with Crippen molar-refractivity contribution >= 4 is 11.6 Å². The van der Waals surface area contributed by atoms with Gasteiger partial charge in [-0.15, -0.1) is 0 Å². The van der Waals surface area contributed by atoms with Crippen LogP contribution in [0.25, 0.3) is 0 Å². The second-order valence-electron chi connectivity index (χ2n) is 7.15. The number of benzene rings is 1. The minimum atomic E-state index is 0.140. The predicted octanol–water partition coefficient (Wildman–Crippen LogP) is 0.800. The highest BCUT2D eigenvalue weighted by Crippen LogP contribution is 2.21. The highest BCUT2D eigenvalue weighted by molar-refractivity contribution is 5.79. The summed E-state index contributed by atoms with van der Waals surface area (Å²) in [4.78, 5) is 19.3. The van der Waals surface area contributed by atoms with Gasteiger partial charge in [0.15, 0.2) is 0 Å². The van der Waals surface area contributed by atoms with E-state index in [2.05, 4.69) is 39.2 Å². The van der Waals surface area contributed by atoms with E-state index in [1.54, 1.807) is 0 Å². The van der Waals surface area contributed by atoms with Gasteiger partial charge >= 0.3 is 0 Å². The summed E-state index contributed by atoms with van der Waals surface area (Å²) in [5.74, 6) is 0.140. The fourth-order valence-corrected chi connectivity index (χ4v) is 3.68. The zero-order valence-electron chi connectivity index (χ0n) is 14.5. The lowest BCUT2D eigenvalue weighted by atomic mass is 10.1. The van der Waals surface area contributed by atoms with E-state index in [4.69, 9.17) is 0 Å². The molecule has 23 heavy (non-hydrogen) atoms. The molecule has 1 N–H and O–H groups in total. The van der Waals surface area contributed by atoms with Gasteiger partial charge in [0.25, 0.3) is 0 Å². The molecule has 0 aliphatic carbocycles. The fourth-order valence-electron chi connectivity index (χ4n) is 3.68. The van der Waals surface area contributed by atoms with Gasteiger partial charge in [0.2, 0.25) is 5.91 Å². The van der Waals surface area contributed by atoms with Crippen LogP contribution in [0.4, 0.5) is 5.69 Å². The quantitative estimate of drug-likeness (QED) is 0.892. The van der Waals surface area contributed by atoms with Crippen LogP contribution in [0.1, 0.15) is 12.0 Å². The number of carbonyl (C=O) groups is 1. The van der Waals surface area contributed by atoms with Crippen LogP contribution >= 0.6 is 0 Å². The lowest BCUT2D eigenvalue weighted by molar-refractivity contribution is -0.121. The molecule has 126 valence electrons. The number of nitrogens with zero attached hydrogens (tertiary/aromatic N) is 3. The van der Waals surface area contributed by atoms with E-state index in [0.717, 1.165) is 43.9 Å². The summed E-state index contributed by atoms with van der Waals surface area (Å²) in [6.07, 6.45) is 1.55. The first-order valence-corrected chi connectivity index (χ1v) is 8.49. The highest BCUT2D eigenvalue weighted by Gasteiger charge is 2.35. The van der Waals surface area contributed by atoms with E-state index in [1.165, 1.54) is 0 Å². The summed E-state index contributed by atoms with van der Waals surface area (Å²) in [6.45, 7) is 4.39. The third-order valence-electron chi connectivity index (χ3n) is 5.00. The molecule has 0 unspecified atom stereocenters. The Morgan fingerprint density at radius 3 is 2.65 bits per heavy atom. The molecule has 5 heteroatoms. The molecule has 2 heterocycles. The van der Waals surface area contributed by atoms with Gasteiger partial charge in [-0.2, -0.15) is 0 Å². The predicted molar refractivity (Wildman–Crippen MR) is 93.9 cm³/mol. The zero-order valence-corrected chi connectivity index (χ0v) is 14.5. The van der Waals surface area contributed by atoms with Crippen molar-refractivity contribution in [1.82, 2.24) is 15.1 Å². The number of piperazine rings is 1. The molecule has 2 atom stereocenters. The van der Waals surface area contributed by atoms with Crippen LogP contribution in [0, 0.1) is 0 Å². The molecule has 0 radical (unpaired) electrons. The summed E-state index contributed by atoms with van der Waals surface area (Å²) in [7, 11) is 6.22. The van der Waals surface area contributed by atoms with E-state index in [0.29, 0.717) is 18.5 Å². The van der Waals surface area contributed by atoms with Crippen LogP contribution in [0.3, 0.4) is 0 Å². The average molecular weight is 316 g/mol. The van der Waals surface area contributed by atoms with Gasteiger partial charge in [0.05, 0.1) is 6.42 Å². The fraction of sp³-hybridized carbons (Fsp3) is 0.611. The van der Waals surface area contributed by atoms with Crippen molar-refractivity contribution in [3.8, 4) is 0 Å². The zero-order chi connectivity index (χ0) is 16.4. The molecule has 2 aliphatic rings. The average Bonchev–Trinajstić information content (AvgIpc) is 2.88. The number of anilines is 1. The molecular weight excluding hydrogens is 288 g/mol. The topological polar surface area (TPSA) is 38.8 Å². The normalized spacial score (nSPS) is 25.2. The lowest BCUT2D eigenvalue weighted by Gasteiger charge is -2.34. The van der Waals surface area contributed by atoms with Crippen LogP contribution in [0.2, 0.25) is 0 Å². The molecule has 0 spiro atoms. The van der Waals surface area contributed by atoms with Crippen LogP contribution in [0.5, 0.6) is 0 Å². The number of amides is 1. The third-order valence-corrected chi connectivity index (χ3v) is 5.00. The van der Waals surface area contributed by atoms with Gasteiger partial charge in [-0.05, 0) is 31.2 Å². The highest BCUT2D eigenvalue weighted by atomic mass is 16.1. The van der Waals surface area contributed by atoms with Crippen molar-refractivity contribution in [3.63, 3.8) is 0 Å². The summed E-state index contributed by atoms with van der Waals surface area (Å²) < 4.78 is 0. The number of hydrogen-bond acceptors (Lipinski definition) is 4. The Morgan fingerprint density at radius 1 is 1.22 bits per heavy atom. The molecule has 2 saturated heterocycles. The van der Waals surface area contributed by atoms with Crippen molar-refractivity contribution in [2.45, 2.75) is 24.9 Å². The van der Waals surface area contributed by atoms with Gasteiger partial charge in [-0.1, -0.05) is 12.1 Å². The third kappa shape index (κ3) is 4.03.